The molecule has 0 radical (unpaired) electrons. The fourth-order valence-electron chi connectivity index (χ4n) is 4.92. The normalized spacial score (nSPS) is 26.5. The van der Waals surface area contributed by atoms with E-state index in [2.05, 4.69) is 17.3 Å². The van der Waals surface area contributed by atoms with Crippen LogP contribution in [0, 0.1) is 23.7 Å². The van der Waals surface area contributed by atoms with Crippen LogP contribution in [0.1, 0.15) is 24.0 Å². The number of nitrogens with zero attached hydrogens (tertiary/aromatic N) is 2. The number of benzene rings is 2. The molecule has 6 rings (SSSR count). The molecule has 3 aliphatic carbocycles. The van der Waals surface area contributed by atoms with Crippen LogP contribution in [-0.2, 0) is 16.2 Å². The number of carbonyl (C=O) groups excluding carboxylic acids is 2. The Morgan fingerprint density at radius 3 is 2.26 bits per heavy atom. The predicted octanol–water partition coefficient (Wildman–Crippen LogP) is 3.81. The summed E-state index contributed by atoms with van der Waals surface area (Å²) < 4.78 is 11.3. The highest BCUT2D eigenvalue weighted by Gasteiger charge is 2.56. The fourth-order valence-corrected chi connectivity index (χ4v) is 4.92. The van der Waals surface area contributed by atoms with E-state index < -0.39 is 0 Å². The van der Waals surface area contributed by atoms with E-state index in [1.165, 1.54) is 6.21 Å². The van der Waals surface area contributed by atoms with Gasteiger partial charge in [0.25, 0.3) is 11.8 Å². The van der Waals surface area contributed by atoms with Crippen molar-refractivity contribution >= 4 is 18.0 Å². The molecule has 0 aromatic heterocycles. The lowest BCUT2D eigenvalue weighted by molar-refractivity contribution is -0.140. The SMILES string of the molecule is COc1cc(/C=N\N2C(=O)[C@H]3[C@H](C2=O)[C@H]2C=C[C@H]3CC2)ccc1OCc1ccccc1. The van der Waals surface area contributed by atoms with Gasteiger partial charge in [0.1, 0.15) is 6.61 Å². The maximum Gasteiger partial charge on any atom is 0.254 e. The number of hydrogen-bond donors (Lipinski definition) is 0. The maximum atomic E-state index is 12.9. The van der Waals surface area contributed by atoms with Gasteiger partial charge in [0.15, 0.2) is 11.5 Å². The molecule has 4 aliphatic rings. The van der Waals surface area contributed by atoms with Crippen molar-refractivity contribution in [1.82, 2.24) is 5.01 Å². The van der Waals surface area contributed by atoms with Crippen molar-refractivity contribution < 1.29 is 19.1 Å². The minimum absolute atomic E-state index is 0.160. The number of imide groups is 1. The molecule has 4 atom stereocenters. The number of allylic oxidation sites excluding steroid dienone is 2. The topological polar surface area (TPSA) is 68.2 Å². The zero-order valence-electron chi connectivity index (χ0n) is 17.3. The van der Waals surface area contributed by atoms with Crippen LogP contribution in [0.5, 0.6) is 11.5 Å². The van der Waals surface area contributed by atoms with Gasteiger partial charge >= 0.3 is 0 Å². The number of fused-ring (bicyclic) bond motifs is 1. The molecular weight excluding hydrogens is 392 g/mol. The van der Waals surface area contributed by atoms with Crippen molar-refractivity contribution in [3.63, 3.8) is 0 Å². The summed E-state index contributed by atoms with van der Waals surface area (Å²) in [5.74, 6) is 0.634. The van der Waals surface area contributed by atoms with E-state index in [4.69, 9.17) is 9.47 Å². The average Bonchev–Trinajstić information content (AvgIpc) is 3.09. The van der Waals surface area contributed by atoms with Crippen molar-refractivity contribution in [1.29, 1.82) is 0 Å². The van der Waals surface area contributed by atoms with Gasteiger partial charge in [-0.2, -0.15) is 10.1 Å². The van der Waals surface area contributed by atoms with Crippen LogP contribution in [-0.4, -0.2) is 30.1 Å². The van der Waals surface area contributed by atoms with Gasteiger partial charge in [-0.1, -0.05) is 42.5 Å². The molecule has 2 aromatic carbocycles. The lowest BCUT2D eigenvalue weighted by Crippen LogP contribution is -2.38. The summed E-state index contributed by atoms with van der Waals surface area (Å²) in [6, 6.07) is 15.3. The van der Waals surface area contributed by atoms with Crippen molar-refractivity contribution in [2.75, 3.05) is 7.11 Å². The molecule has 0 spiro atoms. The molecule has 158 valence electrons. The summed E-state index contributed by atoms with van der Waals surface area (Å²) in [6.07, 6.45) is 7.69. The molecule has 6 heteroatoms. The van der Waals surface area contributed by atoms with Crippen LogP contribution in [0.2, 0.25) is 0 Å². The van der Waals surface area contributed by atoms with E-state index in [0.29, 0.717) is 18.1 Å². The van der Waals surface area contributed by atoms with Crippen molar-refractivity contribution in [2.24, 2.45) is 28.8 Å². The second kappa shape index (κ2) is 8.02. The number of hydrazone groups is 1. The molecular formula is C25H24N2O4. The highest BCUT2D eigenvalue weighted by Crippen LogP contribution is 2.49. The van der Waals surface area contributed by atoms with Crippen LogP contribution < -0.4 is 9.47 Å². The molecule has 1 saturated heterocycles. The van der Waals surface area contributed by atoms with E-state index in [1.807, 2.05) is 36.4 Å². The highest BCUT2D eigenvalue weighted by molar-refractivity contribution is 6.06. The fraction of sp³-hybridized carbons (Fsp3) is 0.320. The average molecular weight is 416 g/mol. The monoisotopic (exact) mass is 416 g/mol. The number of carbonyl (C=O) groups is 2. The molecule has 0 unspecified atom stereocenters. The molecule has 6 nitrogen and oxygen atoms in total. The second-order valence-electron chi connectivity index (χ2n) is 8.26. The third-order valence-electron chi connectivity index (χ3n) is 6.48. The van der Waals surface area contributed by atoms with E-state index in [1.54, 1.807) is 19.2 Å². The number of methoxy groups -OCH3 is 1. The number of ether oxygens (including phenoxy) is 2. The number of hydrogen-bond acceptors (Lipinski definition) is 5. The standard InChI is InChI=1S/C25H24N2O4/c1-30-21-13-17(7-12-20(21)31-15-16-5-3-2-4-6-16)14-26-27-24(28)22-18-8-9-19(11-10-18)23(22)25(27)29/h2-9,12-14,18-19,22-23H,10-11,15H2,1H3/b26-14-/t18-,19-,22+,23+/m0/s1. The molecule has 0 N–H and O–H groups in total. The first-order valence-electron chi connectivity index (χ1n) is 10.6. The van der Waals surface area contributed by atoms with Gasteiger partial charge in [-0.3, -0.25) is 9.59 Å². The van der Waals surface area contributed by atoms with Gasteiger partial charge in [0, 0.05) is 0 Å². The zero-order valence-corrected chi connectivity index (χ0v) is 17.3. The Kier molecular flexibility index (Phi) is 5.06. The van der Waals surface area contributed by atoms with Crippen molar-refractivity contribution in [2.45, 2.75) is 19.4 Å². The van der Waals surface area contributed by atoms with Gasteiger partial charge < -0.3 is 9.47 Å². The Balaban J connectivity index is 1.31. The molecule has 2 fully saturated rings. The second-order valence-corrected chi connectivity index (χ2v) is 8.26. The Hall–Kier alpha value is -3.41. The molecule has 1 aliphatic heterocycles. The third kappa shape index (κ3) is 3.52. The number of rotatable bonds is 6. The summed E-state index contributed by atoms with van der Waals surface area (Å²) >= 11 is 0. The number of amides is 2. The lowest BCUT2D eigenvalue weighted by atomic mass is 9.63. The minimum atomic E-state index is -0.253. The smallest absolute Gasteiger partial charge is 0.254 e. The highest BCUT2D eigenvalue weighted by atomic mass is 16.5. The quantitative estimate of drug-likeness (QED) is 0.408. The molecule has 2 aromatic rings. The first-order valence-corrected chi connectivity index (χ1v) is 10.6. The van der Waals surface area contributed by atoms with Crippen molar-refractivity contribution in [3.05, 3.63) is 71.8 Å². The van der Waals surface area contributed by atoms with E-state index in [0.717, 1.165) is 29.0 Å². The first kappa shape index (κ1) is 19.5. The Labute approximate surface area is 181 Å². The van der Waals surface area contributed by atoms with Crippen LogP contribution in [0.25, 0.3) is 0 Å². The first-order chi connectivity index (χ1) is 15.2. The molecule has 2 bridgehead atoms. The van der Waals surface area contributed by atoms with Crippen LogP contribution in [0.4, 0.5) is 0 Å². The summed E-state index contributed by atoms with van der Waals surface area (Å²) in [5.41, 5.74) is 1.78. The maximum absolute atomic E-state index is 12.9. The summed E-state index contributed by atoms with van der Waals surface area (Å²) in [5, 5.41) is 5.33. The molecule has 31 heavy (non-hydrogen) atoms. The van der Waals surface area contributed by atoms with E-state index in [-0.39, 0.29) is 35.5 Å². The van der Waals surface area contributed by atoms with E-state index >= 15 is 0 Å². The van der Waals surface area contributed by atoms with Gasteiger partial charge in [-0.25, -0.2) is 0 Å². The Morgan fingerprint density at radius 1 is 0.968 bits per heavy atom. The lowest BCUT2D eigenvalue weighted by Gasteiger charge is -2.37. The van der Waals surface area contributed by atoms with Gasteiger partial charge in [-0.15, -0.1) is 0 Å². The predicted molar refractivity (Wildman–Crippen MR) is 116 cm³/mol. The molecule has 1 heterocycles. The molecule has 1 saturated carbocycles. The van der Waals surface area contributed by atoms with Gasteiger partial charge in [0.2, 0.25) is 0 Å². The van der Waals surface area contributed by atoms with E-state index in [9.17, 15) is 9.59 Å². The molecule has 2 amide bonds. The third-order valence-corrected chi connectivity index (χ3v) is 6.48. The largest absolute Gasteiger partial charge is 0.493 e. The van der Waals surface area contributed by atoms with Gasteiger partial charge in [0.05, 0.1) is 25.2 Å². The Bertz CT molecular complexity index is 1030. The zero-order chi connectivity index (χ0) is 21.4. The van der Waals surface area contributed by atoms with Gasteiger partial charge in [-0.05, 0) is 54.0 Å². The van der Waals surface area contributed by atoms with Crippen molar-refractivity contribution in [3.8, 4) is 11.5 Å². The minimum Gasteiger partial charge on any atom is -0.493 e. The van der Waals surface area contributed by atoms with Crippen LogP contribution in [0.3, 0.4) is 0 Å². The summed E-state index contributed by atoms with van der Waals surface area (Å²) in [6.45, 7) is 0.431. The summed E-state index contributed by atoms with van der Waals surface area (Å²) in [7, 11) is 1.58. The Morgan fingerprint density at radius 2 is 1.65 bits per heavy atom. The van der Waals surface area contributed by atoms with Crippen LogP contribution >= 0.6 is 0 Å². The van der Waals surface area contributed by atoms with Crippen LogP contribution in [0.15, 0.2) is 65.8 Å². The summed E-state index contributed by atoms with van der Waals surface area (Å²) in [4.78, 5) is 25.7.